The first kappa shape index (κ1) is 14.9. The van der Waals surface area contributed by atoms with E-state index in [2.05, 4.69) is 0 Å². The van der Waals surface area contributed by atoms with Crippen molar-refractivity contribution >= 4 is 12.1 Å². The Balaban J connectivity index is 2.18. The molecule has 0 aromatic carbocycles. The zero-order chi connectivity index (χ0) is 15.5. The fraction of sp³-hybridized carbons (Fsp3) is 0.833. The number of amides is 1. The second kappa shape index (κ2) is 4.26. The molecule has 1 aliphatic carbocycles. The number of fused-ring (bicyclic) bond motifs is 1. The third kappa shape index (κ3) is 2.55. The SMILES string of the molecule is CC(C)(C)OC(=O)N1C2C(C[C@H]1C(=O)O)C2C(F)(F)F. The Labute approximate surface area is 113 Å². The molecule has 1 saturated heterocycles. The summed E-state index contributed by atoms with van der Waals surface area (Å²) in [5.41, 5.74) is -0.888. The van der Waals surface area contributed by atoms with Crippen molar-refractivity contribution in [2.24, 2.45) is 11.8 Å². The Hall–Kier alpha value is -1.47. The second-order valence-electron chi connectivity index (χ2n) is 6.20. The maximum Gasteiger partial charge on any atom is 0.411 e. The summed E-state index contributed by atoms with van der Waals surface area (Å²) < 4.78 is 43.2. The summed E-state index contributed by atoms with van der Waals surface area (Å²) in [6.45, 7) is 4.72. The molecule has 1 saturated carbocycles. The number of piperidine rings is 1. The van der Waals surface area contributed by atoms with Crippen LogP contribution < -0.4 is 0 Å². The normalized spacial score (nSPS) is 32.8. The van der Waals surface area contributed by atoms with Crippen molar-refractivity contribution in [3.05, 3.63) is 0 Å². The zero-order valence-electron chi connectivity index (χ0n) is 11.3. The number of aliphatic carboxylic acids is 1. The van der Waals surface area contributed by atoms with Crippen LogP contribution in [0.3, 0.4) is 0 Å². The number of carbonyl (C=O) groups is 2. The van der Waals surface area contributed by atoms with Gasteiger partial charge in [-0.25, -0.2) is 9.59 Å². The lowest BCUT2D eigenvalue weighted by atomic mass is 10.1. The first-order chi connectivity index (χ1) is 8.93. The van der Waals surface area contributed by atoms with Crippen LogP contribution in [0.2, 0.25) is 0 Å². The van der Waals surface area contributed by atoms with E-state index in [4.69, 9.17) is 9.84 Å². The summed E-state index contributed by atoms with van der Waals surface area (Å²) in [6, 6.07) is -2.34. The average molecular weight is 295 g/mol. The molecule has 1 heterocycles. The molecule has 1 amide bonds. The lowest BCUT2D eigenvalue weighted by Crippen LogP contribution is -2.47. The van der Waals surface area contributed by atoms with E-state index >= 15 is 0 Å². The van der Waals surface area contributed by atoms with Gasteiger partial charge in [-0.15, -0.1) is 0 Å². The van der Waals surface area contributed by atoms with Crippen LogP contribution in [0.4, 0.5) is 18.0 Å². The van der Waals surface area contributed by atoms with Crippen molar-refractivity contribution in [3.63, 3.8) is 0 Å². The molecule has 0 aromatic heterocycles. The standard InChI is InChI=1S/C12H16F3NO4/c1-11(2,3)20-10(19)16-6(9(17)18)4-5-7(8(5)16)12(13,14)15/h5-8H,4H2,1-3H3,(H,17,18)/t5?,6-,7?,8?/m0/s1. The monoisotopic (exact) mass is 295 g/mol. The van der Waals surface area contributed by atoms with E-state index in [0.717, 1.165) is 4.90 Å². The highest BCUT2D eigenvalue weighted by atomic mass is 19.4. The van der Waals surface area contributed by atoms with Crippen molar-refractivity contribution in [1.82, 2.24) is 4.90 Å². The van der Waals surface area contributed by atoms with Gasteiger partial charge in [-0.3, -0.25) is 4.90 Å². The largest absolute Gasteiger partial charge is 0.480 e. The second-order valence-corrected chi connectivity index (χ2v) is 6.20. The van der Waals surface area contributed by atoms with Gasteiger partial charge in [-0.1, -0.05) is 0 Å². The first-order valence-electron chi connectivity index (χ1n) is 6.24. The van der Waals surface area contributed by atoms with E-state index in [1.54, 1.807) is 20.8 Å². The molecule has 0 radical (unpaired) electrons. The van der Waals surface area contributed by atoms with Crippen molar-refractivity contribution in [1.29, 1.82) is 0 Å². The molecule has 2 rings (SSSR count). The molecule has 1 aliphatic heterocycles. The fourth-order valence-corrected chi connectivity index (χ4v) is 2.82. The van der Waals surface area contributed by atoms with E-state index < -0.39 is 47.8 Å². The van der Waals surface area contributed by atoms with Crippen LogP contribution in [0.15, 0.2) is 0 Å². The van der Waals surface area contributed by atoms with Gasteiger partial charge in [0.25, 0.3) is 0 Å². The summed E-state index contributed by atoms with van der Waals surface area (Å²) in [7, 11) is 0. The Bertz CT molecular complexity index is 443. The number of nitrogens with zero attached hydrogens (tertiary/aromatic N) is 1. The fourth-order valence-electron chi connectivity index (χ4n) is 2.82. The highest BCUT2D eigenvalue weighted by Gasteiger charge is 2.73. The van der Waals surface area contributed by atoms with Crippen LogP contribution in [0, 0.1) is 11.8 Å². The molecule has 20 heavy (non-hydrogen) atoms. The van der Waals surface area contributed by atoms with Gasteiger partial charge < -0.3 is 9.84 Å². The summed E-state index contributed by atoms with van der Waals surface area (Å²) in [6.07, 6.45) is -5.59. The lowest BCUT2D eigenvalue weighted by Gasteiger charge is -2.29. The summed E-state index contributed by atoms with van der Waals surface area (Å²) in [5, 5.41) is 9.03. The molecule has 3 unspecified atom stereocenters. The number of likely N-dealkylation sites (tertiary alicyclic amines) is 1. The predicted octanol–water partition coefficient (Wildman–Crippen LogP) is 2.26. The maximum atomic E-state index is 12.7. The van der Waals surface area contributed by atoms with Crippen LogP contribution in [-0.4, -0.2) is 45.9 Å². The van der Waals surface area contributed by atoms with Crippen LogP contribution in [0.1, 0.15) is 27.2 Å². The minimum atomic E-state index is -4.42. The van der Waals surface area contributed by atoms with Gasteiger partial charge >= 0.3 is 18.2 Å². The van der Waals surface area contributed by atoms with E-state index in [-0.39, 0.29) is 6.42 Å². The molecule has 0 aromatic rings. The summed E-state index contributed by atoms with van der Waals surface area (Å²) >= 11 is 0. The zero-order valence-corrected chi connectivity index (χ0v) is 11.3. The van der Waals surface area contributed by atoms with Crippen LogP contribution >= 0.6 is 0 Å². The van der Waals surface area contributed by atoms with Crippen molar-refractivity contribution in [2.75, 3.05) is 0 Å². The van der Waals surface area contributed by atoms with E-state index in [1.165, 1.54) is 0 Å². The quantitative estimate of drug-likeness (QED) is 0.805. The molecule has 1 N–H and O–H groups in total. The van der Waals surface area contributed by atoms with Gasteiger partial charge in [0.05, 0.1) is 12.0 Å². The average Bonchev–Trinajstić information content (AvgIpc) is 2.77. The topological polar surface area (TPSA) is 66.8 Å². The maximum absolute atomic E-state index is 12.7. The highest BCUT2D eigenvalue weighted by molar-refractivity contribution is 5.82. The number of halogens is 3. The molecule has 2 fully saturated rings. The van der Waals surface area contributed by atoms with Gasteiger partial charge in [0.1, 0.15) is 11.6 Å². The van der Waals surface area contributed by atoms with E-state index in [1.807, 2.05) is 0 Å². The highest BCUT2D eigenvalue weighted by Crippen LogP contribution is 2.60. The molecule has 4 atom stereocenters. The predicted molar refractivity (Wildman–Crippen MR) is 60.9 cm³/mol. The minimum Gasteiger partial charge on any atom is -0.480 e. The molecule has 0 bridgehead atoms. The molecular formula is C12H16F3NO4. The van der Waals surface area contributed by atoms with Gasteiger partial charge in [0.2, 0.25) is 0 Å². The Kier molecular flexibility index (Phi) is 3.18. The first-order valence-corrected chi connectivity index (χ1v) is 6.24. The number of hydrogen-bond donors (Lipinski definition) is 1. The van der Waals surface area contributed by atoms with Gasteiger partial charge in [-0.2, -0.15) is 13.2 Å². The Morgan fingerprint density at radius 1 is 1.25 bits per heavy atom. The van der Waals surface area contributed by atoms with Crippen LogP contribution in [0.5, 0.6) is 0 Å². The van der Waals surface area contributed by atoms with Crippen LogP contribution in [-0.2, 0) is 9.53 Å². The molecule has 0 spiro atoms. The molecule has 8 heteroatoms. The number of carboxylic acids is 1. The van der Waals surface area contributed by atoms with Crippen molar-refractivity contribution in [3.8, 4) is 0 Å². The van der Waals surface area contributed by atoms with Crippen molar-refractivity contribution in [2.45, 2.75) is 51.1 Å². The summed E-state index contributed by atoms with van der Waals surface area (Å²) in [5.74, 6) is -3.77. The van der Waals surface area contributed by atoms with Gasteiger partial charge in [-0.05, 0) is 33.1 Å². The Morgan fingerprint density at radius 3 is 2.20 bits per heavy atom. The number of rotatable bonds is 1. The van der Waals surface area contributed by atoms with E-state index in [0.29, 0.717) is 0 Å². The van der Waals surface area contributed by atoms with E-state index in [9.17, 15) is 22.8 Å². The van der Waals surface area contributed by atoms with Crippen LogP contribution in [0.25, 0.3) is 0 Å². The summed E-state index contributed by atoms with van der Waals surface area (Å²) in [4.78, 5) is 23.8. The van der Waals surface area contributed by atoms with Crippen molar-refractivity contribution < 1.29 is 32.6 Å². The number of alkyl halides is 3. The number of carbonyl (C=O) groups excluding carboxylic acids is 1. The smallest absolute Gasteiger partial charge is 0.411 e. The lowest BCUT2D eigenvalue weighted by molar-refractivity contribution is -0.162. The number of ether oxygens (including phenoxy) is 1. The Morgan fingerprint density at radius 2 is 1.80 bits per heavy atom. The molecule has 114 valence electrons. The third-order valence-corrected chi connectivity index (χ3v) is 3.55. The van der Waals surface area contributed by atoms with Gasteiger partial charge in [0, 0.05) is 0 Å². The third-order valence-electron chi connectivity index (χ3n) is 3.55. The van der Waals surface area contributed by atoms with Gasteiger partial charge in [0.15, 0.2) is 0 Å². The number of carboxylic acid groups (broad SMARTS) is 1. The molecular weight excluding hydrogens is 279 g/mol. The molecule has 2 aliphatic rings. The molecule has 5 nitrogen and oxygen atoms in total. The minimum absolute atomic E-state index is 0.177. The number of hydrogen-bond acceptors (Lipinski definition) is 3.